The van der Waals surface area contributed by atoms with Gasteiger partial charge in [-0.1, -0.05) is 0 Å². The Morgan fingerprint density at radius 1 is 0.912 bits per heavy atom. The number of aliphatic hydroxyl groups is 3. The second kappa shape index (κ2) is 8.57. The molecule has 5 atom stereocenters. The zero-order valence-electron chi connectivity index (χ0n) is 17.9. The SMILES string of the molecule is COc1cc(O)cc2oc(-c3cc(O)c(O)c(O)c3)c(O[C@@H]3O[C@@H](C)[C@H](O)[C@@H](O)[C@H]3O)c(=O)c12. The molecule has 0 amide bonds. The van der Waals surface area contributed by atoms with Crippen LogP contribution >= 0.6 is 0 Å². The summed E-state index contributed by atoms with van der Waals surface area (Å²) < 4.78 is 22.0. The van der Waals surface area contributed by atoms with Crippen molar-refractivity contribution in [1.82, 2.24) is 0 Å². The first kappa shape index (κ1) is 23.4. The summed E-state index contributed by atoms with van der Waals surface area (Å²) in [7, 11) is 1.26. The molecular weight excluding hydrogens is 456 g/mol. The van der Waals surface area contributed by atoms with Crippen molar-refractivity contribution in [3.8, 4) is 45.8 Å². The Labute approximate surface area is 191 Å². The van der Waals surface area contributed by atoms with E-state index in [0.29, 0.717) is 0 Å². The number of aliphatic hydroxyl groups excluding tert-OH is 3. The first-order chi connectivity index (χ1) is 16.0. The van der Waals surface area contributed by atoms with E-state index in [9.17, 15) is 40.5 Å². The van der Waals surface area contributed by atoms with Gasteiger partial charge in [0.15, 0.2) is 23.0 Å². The Hall–Kier alpha value is -3.71. The molecule has 4 rings (SSSR count). The topological polar surface area (TPSA) is 200 Å². The average molecular weight is 478 g/mol. The van der Waals surface area contributed by atoms with Gasteiger partial charge in [0.1, 0.15) is 40.8 Å². The maximum atomic E-state index is 13.5. The van der Waals surface area contributed by atoms with E-state index in [1.165, 1.54) is 14.0 Å². The van der Waals surface area contributed by atoms with E-state index in [2.05, 4.69) is 0 Å². The van der Waals surface area contributed by atoms with E-state index >= 15 is 0 Å². The molecule has 0 unspecified atom stereocenters. The molecule has 0 spiro atoms. The highest BCUT2D eigenvalue weighted by Gasteiger charge is 2.44. The molecule has 1 saturated heterocycles. The van der Waals surface area contributed by atoms with Crippen LogP contribution in [0.15, 0.2) is 33.5 Å². The van der Waals surface area contributed by atoms with Crippen molar-refractivity contribution in [2.45, 2.75) is 37.6 Å². The Kier molecular flexibility index (Phi) is 5.91. The van der Waals surface area contributed by atoms with Crippen molar-refractivity contribution in [3.05, 3.63) is 34.5 Å². The van der Waals surface area contributed by atoms with Crippen LogP contribution in [0.1, 0.15) is 6.92 Å². The smallest absolute Gasteiger partial charge is 0.239 e. The first-order valence-electron chi connectivity index (χ1n) is 10.0. The summed E-state index contributed by atoms with van der Waals surface area (Å²) in [5.41, 5.74) is -1.11. The van der Waals surface area contributed by atoms with Gasteiger partial charge in [-0.25, -0.2) is 0 Å². The van der Waals surface area contributed by atoms with Crippen LogP contribution in [0, 0.1) is 0 Å². The van der Waals surface area contributed by atoms with Gasteiger partial charge in [0, 0.05) is 17.7 Å². The van der Waals surface area contributed by atoms with Crippen LogP contribution in [0.2, 0.25) is 0 Å². The van der Waals surface area contributed by atoms with Crippen molar-refractivity contribution >= 4 is 11.0 Å². The molecule has 7 N–H and O–H groups in total. The number of hydrogen-bond donors (Lipinski definition) is 7. The second-order valence-corrected chi connectivity index (χ2v) is 7.77. The highest BCUT2D eigenvalue weighted by molar-refractivity contribution is 5.89. The minimum atomic E-state index is -1.77. The number of phenolic OH excluding ortho intramolecular Hbond substituents is 4. The van der Waals surface area contributed by atoms with E-state index in [-0.39, 0.29) is 33.8 Å². The summed E-state index contributed by atoms with van der Waals surface area (Å²) in [6, 6.07) is 4.24. The first-order valence-corrected chi connectivity index (χ1v) is 10.0. The van der Waals surface area contributed by atoms with Gasteiger partial charge in [-0.05, 0) is 19.1 Å². The Morgan fingerprint density at radius 3 is 2.18 bits per heavy atom. The molecule has 1 aromatic heterocycles. The average Bonchev–Trinajstić information content (AvgIpc) is 2.79. The molecule has 2 heterocycles. The predicted octanol–water partition coefficient (Wildman–Crippen LogP) is 0.497. The molecule has 1 aliphatic rings. The molecule has 34 heavy (non-hydrogen) atoms. The number of rotatable bonds is 4. The number of fused-ring (bicyclic) bond motifs is 1. The summed E-state index contributed by atoms with van der Waals surface area (Å²) in [5.74, 6) is -3.59. The van der Waals surface area contributed by atoms with Crippen molar-refractivity contribution in [3.63, 3.8) is 0 Å². The largest absolute Gasteiger partial charge is 0.508 e. The van der Waals surface area contributed by atoms with Crippen LogP contribution in [0.5, 0.6) is 34.5 Å². The molecule has 0 bridgehead atoms. The zero-order valence-corrected chi connectivity index (χ0v) is 17.9. The van der Waals surface area contributed by atoms with Gasteiger partial charge in [0.25, 0.3) is 0 Å². The van der Waals surface area contributed by atoms with Gasteiger partial charge in [0.2, 0.25) is 17.5 Å². The maximum Gasteiger partial charge on any atom is 0.239 e. The molecule has 2 aromatic carbocycles. The highest BCUT2D eigenvalue weighted by atomic mass is 16.7. The third-order valence-electron chi connectivity index (χ3n) is 5.50. The summed E-state index contributed by atoms with van der Waals surface area (Å²) in [5, 5.41) is 69.8. The molecular formula is C22H22O12. The predicted molar refractivity (Wildman–Crippen MR) is 114 cm³/mol. The maximum absolute atomic E-state index is 13.5. The number of methoxy groups -OCH3 is 1. The fraction of sp³-hybridized carbons (Fsp3) is 0.318. The molecule has 12 nitrogen and oxygen atoms in total. The number of aromatic hydroxyl groups is 4. The fourth-order valence-electron chi connectivity index (χ4n) is 3.67. The van der Waals surface area contributed by atoms with Crippen LogP contribution < -0.4 is 14.9 Å². The van der Waals surface area contributed by atoms with Crippen molar-refractivity contribution in [2.24, 2.45) is 0 Å². The van der Waals surface area contributed by atoms with Gasteiger partial charge < -0.3 is 54.4 Å². The monoisotopic (exact) mass is 478 g/mol. The normalized spacial score (nSPS) is 24.8. The number of phenols is 4. The molecule has 0 aliphatic carbocycles. The van der Waals surface area contributed by atoms with Crippen LogP contribution in [0.3, 0.4) is 0 Å². The third kappa shape index (κ3) is 3.82. The van der Waals surface area contributed by atoms with Gasteiger partial charge in [0.05, 0.1) is 13.2 Å². The lowest BCUT2D eigenvalue weighted by molar-refractivity contribution is -0.268. The van der Waals surface area contributed by atoms with E-state index in [1.54, 1.807) is 0 Å². The number of hydrogen-bond acceptors (Lipinski definition) is 12. The summed E-state index contributed by atoms with van der Waals surface area (Å²) in [6.45, 7) is 1.42. The van der Waals surface area contributed by atoms with Gasteiger partial charge >= 0.3 is 0 Å². The molecule has 3 aromatic rings. The summed E-state index contributed by atoms with van der Waals surface area (Å²) in [6.07, 6.45) is -7.45. The van der Waals surface area contributed by atoms with Crippen molar-refractivity contribution in [1.29, 1.82) is 0 Å². The van der Waals surface area contributed by atoms with E-state index in [1.807, 2.05) is 0 Å². The lowest BCUT2D eigenvalue weighted by Crippen LogP contribution is -2.58. The lowest BCUT2D eigenvalue weighted by Gasteiger charge is -2.38. The van der Waals surface area contributed by atoms with Gasteiger partial charge in [-0.2, -0.15) is 0 Å². The zero-order chi connectivity index (χ0) is 24.9. The van der Waals surface area contributed by atoms with Crippen molar-refractivity contribution < 1.29 is 54.4 Å². The van der Waals surface area contributed by atoms with Crippen LogP contribution in [0.25, 0.3) is 22.3 Å². The molecule has 182 valence electrons. The third-order valence-corrected chi connectivity index (χ3v) is 5.50. The summed E-state index contributed by atoms with van der Waals surface area (Å²) >= 11 is 0. The van der Waals surface area contributed by atoms with E-state index in [4.69, 9.17) is 18.6 Å². The van der Waals surface area contributed by atoms with E-state index < -0.39 is 59.1 Å². The Morgan fingerprint density at radius 2 is 1.56 bits per heavy atom. The molecule has 1 fully saturated rings. The van der Waals surface area contributed by atoms with Crippen molar-refractivity contribution in [2.75, 3.05) is 7.11 Å². The van der Waals surface area contributed by atoms with E-state index in [0.717, 1.165) is 24.3 Å². The Balaban J connectivity index is 1.97. The minimum absolute atomic E-state index is 0.0644. The lowest BCUT2D eigenvalue weighted by atomic mass is 10.00. The number of benzene rings is 2. The quantitative estimate of drug-likeness (QED) is 0.257. The molecule has 1 aliphatic heterocycles. The minimum Gasteiger partial charge on any atom is -0.508 e. The number of ether oxygens (including phenoxy) is 3. The fourth-order valence-corrected chi connectivity index (χ4v) is 3.67. The molecule has 12 heteroatoms. The van der Waals surface area contributed by atoms with Gasteiger partial charge in [-0.15, -0.1) is 0 Å². The highest BCUT2D eigenvalue weighted by Crippen LogP contribution is 2.43. The Bertz CT molecular complexity index is 1280. The van der Waals surface area contributed by atoms with Gasteiger partial charge in [-0.3, -0.25) is 4.79 Å². The van der Waals surface area contributed by atoms with Crippen LogP contribution in [0.4, 0.5) is 0 Å². The van der Waals surface area contributed by atoms with Crippen LogP contribution in [-0.2, 0) is 4.74 Å². The molecule has 0 saturated carbocycles. The second-order valence-electron chi connectivity index (χ2n) is 7.77. The molecule has 0 radical (unpaired) electrons. The van der Waals surface area contributed by atoms with Crippen LogP contribution in [-0.4, -0.2) is 73.6 Å². The summed E-state index contributed by atoms with van der Waals surface area (Å²) in [4.78, 5) is 13.5. The standard InChI is InChI=1S/C22H22O12/c1-7-15(26)18(29)19(30)22(32-7)34-21-17(28)14-12(31-2)5-9(23)6-13(14)33-20(21)8-3-10(24)16(27)11(25)4-8/h3-7,15,18-19,22-27,29-30H,1-2H3/t7-,15-,18+,19+,22-/m0/s1.